The molecule has 1 aromatic carbocycles. The molecule has 3 N–H and O–H groups in total. The summed E-state index contributed by atoms with van der Waals surface area (Å²) in [5.74, 6) is 1.35. The van der Waals surface area contributed by atoms with Gasteiger partial charge >= 0.3 is 0 Å². The van der Waals surface area contributed by atoms with Crippen LogP contribution in [0.5, 0.6) is 5.75 Å². The molecular formula is C16H28IN3O. The molecule has 0 radical (unpaired) electrons. The number of benzene rings is 1. The minimum atomic E-state index is -0.0730. The topological polar surface area (TPSA) is 59.6 Å². The number of nitrogens with two attached hydrogens (primary N) is 1. The Kier molecular flexibility index (Phi) is 7.50. The highest BCUT2D eigenvalue weighted by Crippen LogP contribution is 2.25. The van der Waals surface area contributed by atoms with E-state index in [1.54, 1.807) is 7.11 Å². The highest BCUT2D eigenvalue weighted by atomic mass is 127. The summed E-state index contributed by atoms with van der Waals surface area (Å²) in [5.41, 5.74) is 6.98. The summed E-state index contributed by atoms with van der Waals surface area (Å²) in [6.45, 7) is 11.1. The molecule has 0 aromatic heterocycles. The van der Waals surface area contributed by atoms with Gasteiger partial charge in [0.1, 0.15) is 5.75 Å². The van der Waals surface area contributed by atoms with Crippen LogP contribution < -0.4 is 15.8 Å². The molecule has 0 aliphatic rings. The van der Waals surface area contributed by atoms with Crippen LogP contribution in [0.25, 0.3) is 0 Å². The maximum Gasteiger partial charge on any atom is 0.189 e. The average Bonchev–Trinajstić information content (AvgIpc) is 2.35. The molecule has 0 heterocycles. The van der Waals surface area contributed by atoms with Gasteiger partial charge in [0.15, 0.2) is 5.96 Å². The Morgan fingerprint density at radius 3 is 2.10 bits per heavy atom. The zero-order valence-electron chi connectivity index (χ0n) is 13.9. The zero-order chi connectivity index (χ0) is 15.4. The van der Waals surface area contributed by atoms with E-state index in [2.05, 4.69) is 57.1 Å². The summed E-state index contributed by atoms with van der Waals surface area (Å²) >= 11 is 0. The zero-order valence-corrected chi connectivity index (χ0v) is 16.2. The average molecular weight is 405 g/mol. The van der Waals surface area contributed by atoms with Crippen LogP contribution in [0.2, 0.25) is 0 Å². The van der Waals surface area contributed by atoms with Crippen LogP contribution in [0.15, 0.2) is 29.3 Å². The molecule has 5 heteroatoms. The molecule has 0 atom stereocenters. The Hall–Kier alpha value is -0.980. The molecule has 0 saturated heterocycles. The number of rotatable bonds is 4. The molecular weight excluding hydrogens is 377 g/mol. The summed E-state index contributed by atoms with van der Waals surface area (Å²) in [6, 6.07) is 8.08. The second-order valence-corrected chi connectivity index (χ2v) is 6.69. The molecule has 0 bridgehead atoms. The standard InChI is InChI=1S/C16H27N3O.HI/c1-15(2,3)19-14(17)18-11-16(4,5)12-7-9-13(20-6)10-8-12;/h7-10H,11H2,1-6H3,(H3,17,18,19);1H. The highest BCUT2D eigenvalue weighted by molar-refractivity contribution is 14.0. The van der Waals surface area contributed by atoms with E-state index in [9.17, 15) is 0 Å². The van der Waals surface area contributed by atoms with Crippen molar-refractivity contribution >= 4 is 29.9 Å². The van der Waals surface area contributed by atoms with Gasteiger partial charge < -0.3 is 15.8 Å². The van der Waals surface area contributed by atoms with E-state index in [1.807, 2.05) is 12.1 Å². The van der Waals surface area contributed by atoms with Gasteiger partial charge in [0.2, 0.25) is 0 Å². The third-order valence-electron chi connectivity index (χ3n) is 3.02. The number of aliphatic imine (C=N–C) groups is 1. The number of hydrogen-bond acceptors (Lipinski definition) is 2. The number of nitrogens with zero attached hydrogens (tertiary/aromatic N) is 1. The van der Waals surface area contributed by atoms with Gasteiger partial charge in [-0.05, 0) is 38.5 Å². The van der Waals surface area contributed by atoms with Crippen LogP contribution in [0.3, 0.4) is 0 Å². The van der Waals surface area contributed by atoms with E-state index in [1.165, 1.54) is 5.56 Å². The first kappa shape index (κ1) is 20.0. The normalized spacial score (nSPS) is 12.6. The molecule has 0 spiro atoms. The third-order valence-corrected chi connectivity index (χ3v) is 3.02. The Morgan fingerprint density at radius 2 is 1.67 bits per heavy atom. The van der Waals surface area contributed by atoms with Gasteiger partial charge in [-0.1, -0.05) is 26.0 Å². The van der Waals surface area contributed by atoms with Crippen LogP contribution in [0, 0.1) is 0 Å². The maximum atomic E-state index is 5.91. The highest BCUT2D eigenvalue weighted by Gasteiger charge is 2.20. The van der Waals surface area contributed by atoms with Gasteiger partial charge in [-0.25, -0.2) is 0 Å². The number of hydrogen-bond donors (Lipinski definition) is 2. The van der Waals surface area contributed by atoms with Gasteiger partial charge in [-0.2, -0.15) is 0 Å². The Bertz CT molecular complexity index is 461. The molecule has 120 valence electrons. The molecule has 0 aliphatic carbocycles. The minimum absolute atomic E-state index is 0. The number of guanidine groups is 1. The molecule has 0 aliphatic heterocycles. The van der Waals surface area contributed by atoms with Crippen LogP contribution in [-0.2, 0) is 5.41 Å². The predicted octanol–water partition coefficient (Wildman–Crippen LogP) is 3.29. The summed E-state index contributed by atoms with van der Waals surface area (Å²) in [5, 5.41) is 3.17. The van der Waals surface area contributed by atoms with Gasteiger partial charge in [-0.3, -0.25) is 4.99 Å². The molecule has 0 unspecified atom stereocenters. The Labute approximate surface area is 145 Å². The Balaban J connectivity index is 0.00000400. The molecule has 1 aromatic rings. The number of halogens is 1. The van der Waals surface area contributed by atoms with Crippen LogP contribution in [0.1, 0.15) is 40.2 Å². The monoisotopic (exact) mass is 405 g/mol. The lowest BCUT2D eigenvalue weighted by atomic mass is 9.85. The van der Waals surface area contributed by atoms with Crippen molar-refractivity contribution < 1.29 is 4.74 Å². The molecule has 21 heavy (non-hydrogen) atoms. The first-order valence-electron chi connectivity index (χ1n) is 6.87. The Morgan fingerprint density at radius 1 is 1.14 bits per heavy atom. The van der Waals surface area contributed by atoms with Crippen molar-refractivity contribution in [3.05, 3.63) is 29.8 Å². The molecule has 1 rings (SSSR count). The lowest BCUT2D eigenvalue weighted by molar-refractivity contribution is 0.414. The van der Waals surface area contributed by atoms with Gasteiger partial charge in [0, 0.05) is 11.0 Å². The molecule has 0 saturated carbocycles. The first-order chi connectivity index (χ1) is 9.14. The van der Waals surface area contributed by atoms with Gasteiger partial charge in [0.25, 0.3) is 0 Å². The fraction of sp³-hybridized carbons (Fsp3) is 0.562. The van der Waals surface area contributed by atoms with Crippen molar-refractivity contribution in [1.82, 2.24) is 5.32 Å². The van der Waals surface area contributed by atoms with Crippen LogP contribution >= 0.6 is 24.0 Å². The smallest absolute Gasteiger partial charge is 0.189 e. The lowest BCUT2D eigenvalue weighted by Crippen LogP contribution is -2.45. The van der Waals surface area contributed by atoms with Gasteiger partial charge in [-0.15, -0.1) is 24.0 Å². The second-order valence-electron chi connectivity index (χ2n) is 6.69. The quantitative estimate of drug-likeness (QED) is 0.459. The summed E-state index contributed by atoms with van der Waals surface area (Å²) < 4.78 is 5.18. The van der Waals surface area contributed by atoms with E-state index in [4.69, 9.17) is 10.5 Å². The summed E-state index contributed by atoms with van der Waals surface area (Å²) in [6.07, 6.45) is 0. The minimum Gasteiger partial charge on any atom is -0.497 e. The summed E-state index contributed by atoms with van der Waals surface area (Å²) in [4.78, 5) is 4.45. The SMILES string of the molecule is COc1ccc(C(C)(C)CN=C(N)NC(C)(C)C)cc1.I. The molecule has 0 fully saturated rings. The van der Waals surface area contributed by atoms with E-state index in [-0.39, 0.29) is 34.9 Å². The van der Waals surface area contributed by atoms with E-state index >= 15 is 0 Å². The lowest BCUT2D eigenvalue weighted by Gasteiger charge is -2.25. The largest absolute Gasteiger partial charge is 0.497 e. The second kappa shape index (κ2) is 7.87. The third kappa shape index (κ3) is 7.02. The van der Waals surface area contributed by atoms with Crippen molar-refractivity contribution in [2.75, 3.05) is 13.7 Å². The predicted molar refractivity (Wildman–Crippen MR) is 101 cm³/mol. The van der Waals surface area contributed by atoms with Crippen LogP contribution in [-0.4, -0.2) is 25.2 Å². The van der Waals surface area contributed by atoms with Crippen molar-refractivity contribution in [3.8, 4) is 5.75 Å². The molecule has 4 nitrogen and oxygen atoms in total. The van der Waals surface area contributed by atoms with E-state index in [0.29, 0.717) is 12.5 Å². The number of nitrogens with one attached hydrogen (secondary N) is 1. The van der Waals surface area contributed by atoms with Crippen LogP contribution in [0.4, 0.5) is 0 Å². The van der Waals surface area contributed by atoms with Crippen molar-refractivity contribution in [3.63, 3.8) is 0 Å². The van der Waals surface area contributed by atoms with E-state index in [0.717, 1.165) is 5.75 Å². The summed E-state index contributed by atoms with van der Waals surface area (Å²) in [7, 11) is 1.67. The molecule has 0 amide bonds. The van der Waals surface area contributed by atoms with Gasteiger partial charge in [0.05, 0.1) is 13.7 Å². The van der Waals surface area contributed by atoms with E-state index < -0.39 is 0 Å². The number of methoxy groups -OCH3 is 1. The fourth-order valence-electron chi connectivity index (χ4n) is 1.84. The first-order valence-corrected chi connectivity index (χ1v) is 6.87. The maximum absolute atomic E-state index is 5.91. The van der Waals surface area contributed by atoms with Crippen molar-refractivity contribution in [2.24, 2.45) is 10.7 Å². The fourth-order valence-corrected chi connectivity index (χ4v) is 1.84. The number of ether oxygens (including phenoxy) is 1. The van der Waals surface area contributed by atoms with Crippen molar-refractivity contribution in [2.45, 2.75) is 45.6 Å². The van der Waals surface area contributed by atoms with Crippen molar-refractivity contribution in [1.29, 1.82) is 0 Å².